The van der Waals surface area contributed by atoms with Crippen LogP contribution in [0.25, 0.3) is 0 Å². The summed E-state index contributed by atoms with van der Waals surface area (Å²) in [4.78, 5) is 49.5. The zero-order valence-corrected chi connectivity index (χ0v) is 31.3. The monoisotopic (exact) mass is 716 g/mol. The minimum atomic E-state index is -1.08. The van der Waals surface area contributed by atoms with Crippen LogP contribution in [0.1, 0.15) is 73.6 Å². The predicted molar refractivity (Wildman–Crippen MR) is 198 cm³/mol. The third-order valence-electron chi connectivity index (χ3n) is 7.39. The van der Waals surface area contributed by atoms with Crippen molar-refractivity contribution in [1.82, 2.24) is 21.3 Å². The number of rotatable bonds is 19. The quantitative estimate of drug-likeness (QED) is 0.0381. The Morgan fingerprint density at radius 1 is 1.16 bits per heavy atom. The molecule has 4 amide bonds. The zero-order valence-electron chi connectivity index (χ0n) is 30.4. The molecule has 0 radical (unpaired) electrons. The standard InChI is InChI=1S/C37H56N4O8S/c1-8-9-15-28(48-36(46)40-23-13-22-38-31(42)20-24-50)16-12-21-39-34(44)33(37(4,5)6)41-32(43)17-11-10-14-26(2)25-27(3)29-18-19-30(47-7)35(45)49-29/h10-12,14,17,19,21,25,27-29,33,35,45,50H,13,15-16,18,20,22-24H2,1-7H3,(H,38,42)(H,39,44)(H,40,46)(H,41,43)/b14-10-,17-11-,21-12-,26-25+/t27-,28-,29-,33+,35?/m0/s1. The van der Waals surface area contributed by atoms with Crippen molar-refractivity contribution in [1.29, 1.82) is 0 Å². The maximum absolute atomic E-state index is 13.1. The van der Waals surface area contributed by atoms with Crippen molar-refractivity contribution in [2.45, 2.75) is 98.2 Å². The molecule has 0 saturated heterocycles. The first-order chi connectivity index (χ1) is 23.7. The Morgan fingerprint density at radius 2 is 1.86 bits per heavy atom. The Labute approximate surface area is 303 Å². The summed E-state index contributed by atoms with van der Waals surface area (Å²) >= 11 is 4.02. The van der Waals surface area contributed by atoms with E-state index in [1.807, 2.05) is 52.8 Å². The maximum Gasteiger partial charge on any atom is 0.407 e. The van der Waals surface area contributed by atoms with Gasteiger partial charge < -0.3 is 40.6 Å². The number of carbonyl (C=O) groups excluding carboxylic acids is 4. The van der Waals surface area contributed by atoms with Gasteiger partial charge in [-0.3, -0.25) is 14.4 Å². The molecule has 278 valence electrons. The van der Waals surface area contributed by atoms with Gasteiger partial charge in [0.2, 0.25) is 24.0 Å². The fourth-order valence-corrected chi connectivity index (χ4v) is 4.86. The number of hydrogen-bond acceptors (Lipinski definition) is 9. The van der Waals surface area contributed by atoms with Crippen molar-refractivity contribution in [3.05, 3.63) is 60.1 Å². The van der Waals surface area contributed by atoms with Crippen LogP contribution in [-0.2, 0) is 28.6 Å². The number of aliphatic hydroxyl groups is 1. The summed E-state index contributed by atoms with van der Waals surface area (Å²) in [5, 5.41) is 20.9. The van der Waals surface area contributed by atoms with Gasteiger partial charge in [0.15, 0.2) is 0 Å². The average Bonchev–Trinajstić information content (AvgIpc) is 3.05. The van der Waals surface area contributed by atoms with Crippen molar-refractivity contribution >= 4 is 36.4 Å². The van der Waals surface area contributed by atoms with Crippen LogP contribution in [0.4, 0.5) is 4.79 Å². The summed E-state index contributed by atoms with van der Waals surface area (Å²) in [5.41, 5.74) is 0.370. The molecular formula is C37H56N4O8S. The van der Waals surface area contributed by atoms with E-state index in [4.69, 9.17) is 14.2 Å². The smallest absolute Gasteiger partial charge is 0.407 e. The van der Waals surface area contributed by atoms with Crippen molar-refractivity contribution in [2.75, 3.05) is 26.0 Å². The molecule has 0 aromatic rings. The average molecular weight is 717 g/mol. The van der Waals surface area contributed by atoms with Crippen molar-refractivity contribution < 1.29 is 38.5 Å². The lowest BCUT2D eigenvalue weighted by molar-refractivity contribution is -0.150. The molecule has 12 nitrogen and oxygen atoms in total. The van der Waals surface area contributed by atoms with Gasteiger partial charge in [0, 0.05) is 44.3 Å². The van der Waals surface area contributed by atoms with Crippen LogP contribution < -0.4 is 21.3 Å². The van der Waals surface area contributed by atoms with E-state index >= 15 is 0 Å². The molecule has 50 heavy (non-hydrogen) atoms. The van der Waals surface area contributed by atoms with Gasteiger partial charge >= 0.3 is 6.09 Å². The first-order valence-corrected chi connectivity index (χ1v) is 17.4. The lowest BCUT2D eigenvalue weighted by Gasteiger charge is -2.29. The number of methoxy groups -OCH3 is 1. The summed E-state index contributed by atoms with van der Waals surface area (Å²) in [7, 11) is 1.49. The molecular weight excluding hydrogens is 660 g/mol. The number of ether oxygens (including phenoxy) is 3. The number of allylic oxidation sites excluding steroid dienone is 4. The Balaban J connectivity index is 2.64. The molecule has 5 N–H and O–H groups in total. The Bertz CT molecular complexity index is 1320. The van der Waals surface area contributed by atoms with E-state index in [0.29, 0.717) is 56.7 Å². The summed E-state index contributed by atoms with van der Waals surface area (Å²) in [5.74, 6) is 5.70. The van der Waals surface area contributed by atoms with E-state index in [2.05, 4.69) is 45.7 Å². The zero-order chi connectivity index (χ0) is 37.5. The maximum atomic E-state index is 13.1. The van der Waals surface area contributed by atoms with Crippen molar-refractivity contribution in [3.8, 4) is 11.8 Å². The molecule has 1 aliphatic rings. The molecule has 1 heterocycles. The number of alkyl carbamates (subject to hydrolysis) is 1. The van der Waals surface area contributed by atoms with E-state index < -0.39 is 41.8 Å². The lowest BCUT2D eigenvalue weighted by atomic mass is 9.86. The molecule has 0 aromatic heterocycles. The van der Waals surface area contributed by atoms with E-state index in [9.17, 15) is 24.3 Å². The van der Waals surface area contributed by atoms with E-state index in [-0.39, 0.29) is 17.9 Å². The fraction of sp³-hybridized carbons (Fsp3) is 0.568. The minimum Gasteiger partial charge on any atom is -0.496 e. The first kappa shape index (κ1) is 44.0. The highest BCUT2D eigenvalue weighted by atomic mass is 32.1. The van der Waals surface area contributed by atoms with Crippen LogP contribution in [0.5, 0.6) is 0 Å². The van der Waals surface area contributed by atoms with Crippen LogP contribution in [0.3, 0.4) is 0 Å². The number of nitrogens with one attached hydrogen (secondary N) is 4. The molecule has 1 rings (SSSR count). The summed E-state index contributed by atoms with van der Waals surface area (Å²) in [6.45, 7) is 11.9. The SMILES string of the molecule is CC#CC[C@@H](C/C=C\NC(=O)[C@@H](NC(=O)\C=C/C=C\C(C)=C\[C@H](C)[C@@H]1CC=C(OC)C(O)O1)C(C)(C)C)OC(=O)NCCCNC(=O)CCS. The number of carbonyl (C=O) groups is 4. The second kappa shape index (κ2) is 24.2. The van der Waals surface area contributed by atoms with Gasteiger partial charge in [-0.25, -0.2) is 4.79 Å². The van der Waals surface area contributed by atoms with Crippen LogP contribution in [0.2, 0.25) is 0 Å². The number of aliphatic hydroxyl groups excluding tert-OH is 1. The van der Waals surface area contributed by atoms with Crippen LogP contribution in [-0.4, -0.2) is 79.4 Å². The lowest BCUT2D eigenvalue weighted by Crippen LogP contribution is -2.52. The third kappa shape index (κ3) is 18.7. The molecule has 1 aliphatic heterocycles. The second-order valence-electron chi connectivity index (χ2n) is 12.8. The van der Waals surface area contributed by atoms with E-state index in [0.717, 1.165) is 5.57 Å². The molecule has 0 aliphatic carbocycles. The summed E-state index contributed by atoms with van der Waals surface area (Å²) < 4.78 is 16.2. The number of amides is 4. The van der Waals surface area contributed by atoms with Gasteiger partial charge in [0.25, 0.3) is 0 Å². The van der Waals surface area contributed by atoms with Gasteiger partial charge in [-0.2, -0.15) is 12.6 Å². The van der Waals surface area contributed by atoms with E-state index in [1.54, 1.807) is 25.2 Å². The summed E-state index contributed by atoms with van der Waals surface area (Å²) in [6.07, 6.45) is 13.3. The number of hydrogen-bond donors (Lipinski definition) is 6. The second-order valence-corrected chi connectivity index (χ2v) is 13.2. The predicted octanol–water partition coefficient (Wildman–Crippen LogP) is 4.20. The molecule has 0 spiro atoms. The highest BCUT2D eigenvalue weighted by molar-refractivity contribution is 7.80. The van der Waals surface area contributed by atoms with Crippen molar-refractivity contribution in [3.63, 3.8) is 0 Å². The van der Waals surface area contributed by atoms with Gasteiger partial charge in [0.1, 0.15) is 17.9 Å². The third-order valence-corrected chi connectivity index (χ3v) is 7.61. The molecule has 0 saturated carbocycles. The molecule has 0 aromatic carbocycles. The topological polar surface area (TPSA) is 164 Å². The van der Waals surface area contributed by atoms with Gasteiger partial charge in [-0.05, 0) is 50.1 Å². The Morgan fingerprint density at radius 3 is 2.50 bits per heavy atom. The Kier molecular flexibility index (Phi) is 21.3. The van der Waals surface area contributed by atoms with Crippen LogP contribution >= 0.6 is 12.6 Å². The fourth-order valence-electron chi connectivity index (χ4n) is 4.66. The number of thiol groups is 1. The summed E-state index contributed by atoms with van der Waals surface area (Å²) in [6, 6.07) is -0.833. The van der Waals surface area contributed by atoms with Gasteiger partial charge in [0.05, 0.1) is 13.2 Å². The Hall–Kier alpha value is -3.99. The minimum absolute atomic E-state index is 0.0324. The first-order valence-electron chi connectivity index (χ1n) is 16.8. The molecule has 5 atom stereocenters. The molecule has 0 bridgehead atoms. The van der Waals surface area contributed by atoms with Gasteiger partial charge in [-0.15, -0.1) is 5.92 Å². The molecule has 1 unspecified atom stereocenters. The van der Waals surface area contributed by atoms with Crippen molar-refractivity contribution in [2.24, 2.45) is 11.3 Å². The normalized spacial score (nSPS) is 18.4. The van der Waals surface area contributed by atoms with Gasteiger partial charge in [-0.1, -0.05) is 69.6 Å². The largest absolute Gasteiger partial charge is 0.496 e. The molecule has 0 fully saturated rings. The van der Waals surface area contributed by atoms with Crippen LogP contribution in [0.15, 0.2) is 60.1 Å². The molecule has 13 heteroatoms. The van der Waals surface area contributed by atoms with E-state index in [1.165, 1.54) is 19.4 Å². The van der Waals surface area contributed by atoms with Crippen LogP contribution in [0, 0.1) is 23.2 Å². The highest BCUT2D eigenvalue weighted by Crippen LogP contribution is 2.25. The highest BCUT2D eigenvalue weighted by Gasteiger charge is 2.32.